The van der Waals surface area contributed by atoms with Crippen LogP contribution in [-0.2, 0) is 17.6 Å². The fourth-order valence-electron chi connectivity index (χ4n) is 4.21. The maximum atomic E-state index is 13.0. The predicted octanol–water partition coefficient (Wildman–Crippen LogP) is 3.00. The van der Waals surface area contributed by atoms with Crippen LogP contribution in [0, 0.1) is 12.8 Å². The third kappa shape index (κ3) is 4.42. The highest BCUT2D eigenvalue weighted by molar-refractivity contribution is 7.13. The van der Waals surface area contributed by atoms with E-state index in [9.17, 15) is 9.59 Å². The fourth-order valence-corrected chi connectivity index (χ4v) is 5.46. The van der Waals surface area contributed by atoms with Crippen LogP contribution in [0.15, 0.2) is 24.3 Å². The van der Waals surface area contributed by atoms with E-state index >= 15 is 0 Å². The maximum Gasteiger partial charge on any atom is 0.265 e. The van der Waals surface area contributed by atoms with Crippen LogP contribution in [0.2, 0.25) is 0 Å². The molecule has 2 aromatic rings. The van der Waals surface area contributed by atoms with E-state index in [1.165, 1.54) is 16.9 Å². The van der Waals surface area contributed by atoms with Gasteiger partial charge in [0.15, 0.2) is 0 Å². The van der Waals surface area contributed by atoms with Crippen molar-refractivity contribution in [1.82, 2.24) is 14.8 Å². The van der Waals surface area contributed by atoms with Crippen LogP contribution in [0.5, 0.6) is 0 Å². The van der Waals surface area contributed by atoms with Gasteiger partial charge >= 0.3 is 0 Å². The van der Waals surface area contributed by atoms with Crippen LogP contribution in [0.4, 0.5) is 5.69 Å². The number of anilines is 1. The lowest BCUT2D eigenvalue weighted by molar-refractivity contribution is -0.120. The van der Waals surface area contributed by atoms with Crippen molar-refractivity contribution in [1.29, 1.82) is 0 Å². The summed E-state index contributed by atoms with van der Waals surface area (Å²) in [5, 5.41) is 1.04. The Bertz CT molecular complexity index is 931. The number of thiazole rings is 1. The summed E-state index contributed by atoms with van der Waals surface area (Å²) >= 11 is 1.53. The number of benzene rings is 1. The van der Waals surface area contributed by atoms with Crippen molar-refractivity contribution in [3.05, 3.63) is 45.4 Å². The molecule has 0 radical (unpaired) electrons. The second-order valence-electron chi connectivity index (χ2n) is 8.61. The average molecular weight is 427 g/mol. The number of para-hydroxylation sites is 1. The number of piperazine rings is 1. The molecule has 30 heavy (non-hydrogen) atoms. The highest BCUT2D eigenvalue weighted by Gasteiger charge is 2.29. The molecule has 1 aromatic carbocycles. The summed E-state index contributed by atoms with van der Waals surface area (Å²) in [5.41, 5.74) is 3.14. The number of nitrogens with zero attached hydrogens (tertiary/aromatic N) is 4. The maximum absolute atomic E-state index is 13.0. The summed E-state index contributed by atoms with van der Waals surface area (Å²) in [7, 11) is 0. The topological polar surface area (TPSA) is 56.8 Å². The smallest absolute Gasteiger partial charge is 0.265 e. The van der Waals surface area contributed by atoms with Gasteiger partial charge in [-0.15, -0.1) is 11.3 Å². The van der Waals surface area contributed by atoms with Crippen LogP contribution < -0.4 is 4.90 Å². The predicted molar refractivity (Wildman–Crippen MR) is 120 cm³/mol. The minimum atomic E-state index is 0.0828. The van der Waals surface area contributed by atoms with Gasteiger partial charge in [-0.1, -0.05) is 32.0 Å². The van der Waals surface area contributed by atoms with E-state index in [0.717, 1.165) is 53.7 Å². The van der Waals surface area contributed by atoms with Crippen LogP contribution in [0.25, 0.3) is 0 Å². The van der Waals surface area contributed by atoms with Crippen molar-refractivity contribution in [2.24, 2.45) is 5.92 Å². The third-order valence-electron chi connectivity index (χ3n) is 5.82. The van der Waals surface area contributed by atoms with Crippen molar-refractivity contribution in [2.45, 2.75) is 33.6 Å². The van der Waals surface area contributed by atoms with Gasteiger partial charge in [0.1, 0.15) is 4.88 Å². The SMILES string of the molecule is Cc1nc(CC(C)C)sc1C(=O)N1CCN(CC(=O)N2CCc3ccccc32)CC1. The van der Waals surface area contributed by atoms with Gasteiger partial charge in [-0.3, -0.25) is 14.5 Å². The molecule has 0 unspecified atom stereocenters. The average Bonchev–Trinajstić information content (AvgIpc) is 3.31. The number of fused-ring (bicyclic) bond motifs is 1. The number of hydrogen-bond donors (Lipinski definition) is 0. The first-order chi connectivity index (χ1) is 14.4. The molecular formula is C23H30N4O2S. The summed E-state index contributed by atoms with van der Waals surface area (Å²) in [4.78, 5) is 37.2. The number of carbonyl (C=O) groups is 2. The van der Waals surface area contributed by atoms with Gasteiger partial charge in [-0.25, -0.2) is 4.98 Å². The minimum Gasteiger partial charge on any atom is -0.335 e. The van der Waals surface area contributed by atoms with Gasteiger partial charge in [0, 0.05) is 44.8 Å². The van der Waals surface area contributed by atoms with Gasteiger partial charge in [0.25, 0.3) is 5.91 Å². The lowest BCUT2D eigenvalue weighted by atomic mass is 10.1. The van der Waals surface area contributed by atoms with Crippen LogP contribution in [-0.4, -0.2) is 65.9 Å². The number of rotatable bonds is 5. The Morgan fingerprint density at radius 2 is 1.83 bits per heavy atom. The Labute approximate surface area is 182 Å². The summed E-state index contributed by atoms with van der Waals surface area (Å²) in [6, 6.07) is 8.14. The van der Waals surface area contributed by atoms with E-state index in [2.05, 4.69) is 29.8 Å². The van der Waals surface area contributed by atoms with Gasteiger partial charge in [0.2, 0.25) is 5.91 Å². The van der Waals surface area contributed by atoms with Crippen molar-refractivity contribution in [3.63, 3.8) is 0 Å². The van der Waals surface area contributed by atoms with Gasteiger partial charge in [-0.2, -0.15) is 0 Å². The zero-order chi connectivity index (χ0) is 21.3. The Morgan fingerprint density at radius 1 is 1.10 bits per heavy atom. The molecule has 7 heteroatoms. The second-order valence-corrected chi connectivity index (χ2v) is 9.70. The largest absolute Gasteiger partial charge is 0.335 e. The summed E-state index contributed by atoms with van der Waals surface area (Å²) in [6.45, 7) is 10.2. The third-order valence-corrected chi connectivity index (χ3v) is 6.99. The van der Waals surface area contributed by atoms with E-state index in [1.54, 1.807) is 0 Å². The quantitative estimate of drug-likeness (QED) is 0.738. The van der Waals surface area contributed by atoms with Gasteiger partial charge in [0.05, 0.1) is 17.2 Å². The molecule has 2 aliphatic rings. The van der Waals surface area contributed by atoms with Crippen molar-refractivity contribution < 1.29 is 9.59 Å². The molecule has 0 spiro atoms. The zero-order valence-corrected chi connectivity index (χ0v) is 18.9. The molecule has 0 bridgehead atoms. The Hall–Kier alpha value is -2.25. The molecule has 0 atom stereocenters. The fraction of sp³-hybridized carbons (Fsp3) is 0.522. The molecule has 0 aliphatic carbocycles. The highest BCUT2D eigenvalue weighted by Crippen LogP contribution is 2.28. The number of amides is 2. The molecule has 6 nitrogen and oxygen atoms in total. The van der Waals surface area contributed by atoms with Gasteiger partial charge in [-0.05, 0) is 30.9 Å². The molecule has 4 rings (SSSR count). The van der Waals surface area contributed by atoms with Crippen molar-refractivity contribution in [2.75, 3.05) is 44.2 Å². The number of aryl methyl sites for hydroxylation is 1. The van der Waals surface area contributed by atoms with Crippen LogP contribution in [0.1, 0.15) is 39.8 Å². The Balaban J connectivity index is 1.31. The first-order valence-electron chi connectivity index (χ1n) is 10.8. The molecule has 0 saturated carbocycles. The zero-order valence-electron chi connectivity index (χ0n) is 18.1. The number of carbonyl (C=O) groups excluding carboxylic acids is 2. The lowest BCUT2D eigenvalue weighted by Crippen LogP contribution is -2.51. The molecule has 1 saturated heterocycles. The summed E-state index contributed by atoms with van der Waals surface area (Å²) < 4.78 is 0. The van der Waals surface area contributed by atoms with Gasteiger partial charge < -0.3 is 9.80 Å². The normalized spacial score (nSPS) is 16.9. The minimum absolute atomic E-state index is 0.0828. The first-order valence-corrected chi connectivity index (χ1v) is 11.6. The van der Waals surface area contributed by atoms with E-state index in [4.69, 9.17) is 0 Å². The molecule has 160 valence electrons. The monoisotopic (exact) mass is 426 g/mol. The van der Waals surface area contributed by atoms with E-state index < -0.39 is 0 Å². The molecule has 1 fully saturated rings. The molecule has 2 amide bonds. The van der Waals surface area contributed by atoms with E-state index in [1.807, 2.05) is 34.9 Å². The molecule has 1 aromatic heterocycles. The number of hydrogen-bond acceptors (Lipinski definition) is 5. The second kappa shape index (κ2) is 8.86. The molecular weight excluding hydrogens is 396 g/mol. The first kappa shape index (κ1) is 21.0. The van der Waals surface area contributed by atoms with Crippen molar-refractivity contribution in [3.8, 4) is 0 Å². The van der Waals surface area contributed by atoms with Crippen LogP contribution >= 0.6 is 11.3 Å². The Morgan fingerprint density at radius 3 is 2.57 bits per heavy atom. The van der Waals surface area contributed by atoms with Crippen molar-refractivity contribution >= 4 is 28.8 Å². The molecule has 0 N–H and O–H groups in total. The standard InChI is InChI=1S/C23H30N4O2S/c1-16(2)14-20-24-17(3)22(30-20)23(29)26-12-10-25(11-13-26)15-21(28)27-9-8-18-6-4-5-7-19(18)27/h4-7,16H,8-15H2,1-3H3. The Kier molecular flexibility index (Phi) is 6.20. The van der Waals surface area contributed by atoms with Crippen LogP contribution in [0.3, 0.4) is 0 Å². The number of aromatic nitrogens is 1. The summed E-state index contributed by atoms with van der Waals surface area (Å²) in [6.07, 6.45) is 1.84. The summed E-state index contributed by atoms with van der Waals surface area (Å²) in [5.74, 6) is 0.762. The van der Waals surface area contributed by atoms with E-state index in [-0.39, 0.29) is 11.8 Å². The highest BCUT2D eigenvalue weighted by atomic mass is 32.1. The molecule has 2 aliphatic heterocycles. The van der Waals surface area contributed by atoms with E-state index in [0.29, 0.717) is 25.6 Å². The molecule has 3 heterocycles. The lowest BCUT2D eigenvalue weighted by Gasteiger charge is -2.35.